The van der Waals surface area contributed by atoms with Crippen molar-refractivity contribution in [2.45, 2.75) is 38.2 Å². The SMILES string of the molecule is COC(=O)C(CSCc1ccc(-c2ccc(-c3ccccc3OC)cc2)cc1)NC(=O)OC(C)(C)C. The molecular formula is C29H33NO5S. The predicted octanol–water partition coefficient (Wildman–Crippen LogP) is 6.33. The summed E-state index contributed by atoms with van der Waals surface area (Å²) in [5, 5.41) is 2.60. The third-order valence-corrected chi connectivity index (χ3v) is 6.43. The minimum Gasteiger partial charge on any atom is -0.496 e. The van der Waals surface area contributed by atoms with Crippen LogP contribution < -0.4 is 10.1 Å². The average molecular weight is 508 g/mol. The molecule has 0 heterocycles. The normalized spacial score (nSPS) is 11.9. The number of ether oxygens (including phenoxy) is 3. The maximum Gasteiger partial charge on any atom is 0.408 e. The molecule has 36 heavy (non-hydrogen) atoms. The van der Waals surface area contributed by atoms with Crippen molar-refractivity contribution in [3.8, 4) is 28.0 Å². The summed E-state index contributed by atoms with van der Waals surface area (Å²) in [6.45, 7) is 5.31. The molecule has 3 aromatic carbocycles. The van der Waals surface area contributed by atoms with Crippen LogP contribution in [0.2, 0.25) is 0 Å². The number of amides is 1. The summed E-state index contributed by atoms with van der Waals surface area (Å²) in [7, 11) is 2.98. The van der Waals surface area contributed by atoms with E-state index >= 15 is 0 Å². The highest BCUT2D eigenvalue weighted by Crippen LogP contribution is 2.31. The van der Waals surface area contributed by atoms with Gasteiger partial charge in [-0.1, -0.05) is 66.7 Å². The van der Waals surface area contributed by atoms with Crippen LogP contribution in [0.4, 0.5) is 4.79 Å². The minimum absolute atomic E-state index is 0.373. The number of esters is 1. The number of rotatable bonds is 9. The second-order valence-corrected chi connectivity index (χ2v) is 10.2. The maximum atomic E-state index is 12.1. The predicted molar refractivity (Wildman–Crippen MR) is 145 cm³/mol. The smallest absolute Gasteiger partial charge is 0.408 e. The zero-order valence-corrected chi connectivity index (χ0v) is 22.2. The summed E-state index contributed by atoms with van der Waals surface area (Å²) in [5.74, 6) is 1.41. The van der Waals surface area contributed by atoms with Crippen molar-refractivity contribution in [2.75, 3.05) is 20.0 Å². The Morgan fingerprint density at radius 1 is 0.861 bits per heavy atom. The van der Waals surface area contributed by atoms with Crippen LogP contribution in [0.5, 0.6) is 5.75 Å². The summed E-state index contributed by atoms with van der Waals surface area (Å²) in [5.41, 5.74) is 4.88. The van der Waals surface area contributed by atoms with Crippen molar-refractivity contribution in [3.63, 3.8) is 0 Å². The van der Waals surface area contributed by atoms with E-state index in [9.17, 15) is 9.59 Å². The number of nitrogens with one attached hydrogen (secondary N) is 1. The first-order chi connectivity index (χ1) is 17.2. The van der Waals surface area contributed by atoms with Gasteiger partial charge < -0.3 is 19.5 Å². The van der Waals surface area contributed by atoms with Gasteiger partial charge >= 0.3 is 12.1 Å². The second-order valence-electron chi connectivity index (χ2n) is 9.21. The molecule has 6 nitrogen and oxygen atoms in total. The average Bonchev–Trinajstić information content (AvgIpc) is 2.87. The van der Waals surface area contributed by atoms with Gasteiger partial charge in [-0.05, 0) is 49.1 Å². The number of hydrogen-bond donors (Lipinski definition) is 1. The first-order valence-electron chi connectivity index (χ1n) is 11.7. The van der Waals surface area contributed by atoms with Crippen LogP contribution in [0, 0.1) is 0 Å². The van der Waals surface area contributed by atoms with Crippen LogP contribution in [0.3, 0.4) is 0 Å². The summed E-state index contributed by atoms with van der Waals surface area (Å²) in [6.07, 6.45) is -0.639. The van der Waals surface area contributed by atoms with Gasteiger partial charge in [-0.15, -0.1) is 0 Å². The van der Waals surface area contributed by atoms with Crippen LogP contribution in [-0.4, -0.2) is 43.7 Å². The van der Waals surface area contributed by atoms with Crippen LogP contribution in [0.15, 0.2) is 72.8 Å². The first kappa shape index (κ1) is 27.1. The van der Waals surface area contributed by atoms with E-state index in [0.29, 0.717) is 11.5 Å². The number of carbonyl (C=O) groups is 2. The van der Waals surface area contributed by atoms with Crippen molar-refractivity contribution >= 4 is 23.8 Å². The summed E-state index contributed by atoms with van der Waals surface area (Å²) in [4.78, 5) is 24.2. The minimum atomic E-state index is -0.782. The number of para-hydroxylation sites is 1. The fourth-order valence-electron chi connectivity index (χ4n) is 3.57. The van der Waals surface area contributed by atoms with Crippen molar-refractivity contribution in [3.05, 3.63) is 78.4 Å². The lowest BCUT2D eigenvalue weighted by molar-refractivity contribution is -0.142. The molecule has 0 aromatic heterocycles. The lowest BCUT2D eigenvalue weighted by Gasteiger charge is -2.22. The Morgan fingerprint density at radius 3 is 2.03 bits per heavy atom. The Labute approximate surface area is 217 Å². The van der Waals surface area contributed by atoms with E-state index in [-0.39, 0.29) is 0 Å². The monoisotopic (exact) mass is 507 g/mol. The van der Waals surface area contributed by atoms with Crippen LogP contribution in [0.25, 0.3) is 22.3 Å². The van der Waals surface area contributed by atoms with Gasteiger partial charge in [-0.3, -0.25) is 0 Å². The number of methoxy groups -OCH3 is 2. The fourth-order valence-corrected chi connectivity index (χ4v) is 4.58. The van der Waals surface area contributed by atoms with Crippen molar-refractivity contribution < 1.29 is 23.8 Å². The fraction of sp³-hybridized carbons (Fsp3) is 0.310. The number of benzene rings is 3. The molecule has 1 amide bonds. The molecule has 0 saturated heterocycles. The third kappa shape index (κ3) is 7.78. The van der Waals surface area contributed by atoms with E-state index in [0.717, 1.165) is 33.6 Å². The van der Waals surface area contributed by atoms with Crippen molar-refractivity contribution in [2.24, 2.45) is 0 Å². The van der Waals surface area contributed by atoms with E-state index in [1.165, 1.54) is 18.9 Å². The van der Waals surface area contributed by atoms with E-state index < -0.39 is 23.7 Å². The van der Waals surface area contributed by atoms with Crippen molar-refractivity contribution in [1.29, 1.82) is 0 Å². The Bertz CT molecular complexity index is 1150. The molecule has 1 N–H and O–H groups in total. The second kappa shape index (κ2) is 12.5. The molecule has 0 saturated carbocycles. The molecule has 3 aromatic rings. The molecule has 7 heteroatoms. The molecule has 1 atom stereocenters. The number of carbonyl (C=O) groups excluding carboxylic acids is 2. The van der Waals surface area contributed by atoms with Gasteiger partial charge in [0.25, 0.3) is 0 Å². The Kier molecular flexibility index (Phi) is 9.42. The zero-order chi connectivity index (χ0) is 26.1. The van der Waals surface area contributed by atoms with E-state index in [1.54, 1.807) is 27.9 Å². The number of thioether (sulfide) groups is 1. The third-order valence-electron chi connectivity index (χ3n) is 5.32. The highest BCUT2D eigenvalue weighted by Gasteiger charge is 2.25. The van der Waals surface area contributed by atoms with Gasteiger partial charge in [0.05, 0.1) is 14.2 Å². The molecule has 0 bridgehead atoms. The molecular weight excluding hydrogens is 474 g/mol. The standard InChI is InChI=1S/C29H33NO5S/c1-29(2,3)35-28(32)30-25(27(31)34-5)19-36-18-20-10-12-21(13-11-20)22-14-16-23(17-15-22)24-8-6-7-9-26(24)33-4/h6-17,25H,18-19H2,1-5H3,(H,30,32). The quantitative estimate of drug-likeness (QED) is 0.341. The van der Waals surface area contributed by atoms with Gasteiger partial charge in [0, 0.05) is 17.1 Å². The number of hydrogen-bond acceptors (Lipinski definition) is 6. The van der Waals surface area contributed by atoms with Crippen LogP contribution >= 0.6 is 11.8 Å². The van der Waals surface area contributed by atoms with Gasteiger partial charge in [0.15, 0.2) is 0 Å². The largest absolute Gasteiger partial charge is 0.496 e. The van der Waals surface area contributed by atoms with Gasteiger partial charge in [-0.25, -0.2) is 9.59 Å². The van der Waals surface area contributed by atoms with Gasteiger partial charge in [0.2, 0.25) is 0 Å². The van der Waals surface area contributed by atoms with E-state index in [4.69, 9.17) is 14.2 Å². The summed E-state index contributed by atoms with van der Waals surface area (Å²) < 4.78 is 15.6. The summed E-state index contributed by atoms with van der Waals surface area (Å²) >= 11 is 1.54. The lowest BCUT2D eigenvalue weighted by atomic mass is 9.99. The topological polar surface area (TPSA) is 73.9 Å². The highest BCUT2D eigenvalue weighted by molar-refractivity contribution is 7.98. The zero-order valence-electron chi connectivity index (χ0n) is 21.4. The Morgan fingerprint density at radius 2 is 1.44 bits per heavy atom. The maximum absolute atomic E-state index is 12.1. The van der Waals surface area contributed by atoms with Crippen molar-refractivity contribution in [1.82, 2.24) is 5.32 Å². The molecule has 0 fully saturated rings. The van der Waals surface area contributed by atoms with Crippen LogP contribution in [-0.2, 0) is 20.0 Å². The van der Waals surface area contributed by atoms with Crippen LogP contribution in [0.1, 0.15) is 26.3 Å². The lowest BCUT2D eigenvalue weighted by Crippen LogP contribution is -2.45. The molecule has 3 rings (SSSR count). The highest BCUT2D eigenvalue weighted by atomic mass is 32.2. The number of alkyl carbamates (subject to hydrolysis) is 1. The van der Waals surface area contributed by atoms with Gasteiger partial charge in [0.1, 0.15) is 17.4 Å². The molecule has 1 unspecified atom stereocenters. The van der Waals surface area contributed by atoms with E-state index in [1.807, 2.05) is 24.3 Å². The molecule has 0 aliphatic carbocycles. The van der Waals surface area contributed by atoms with Gasteiger partial charge in [-0.2, -0.15) is 11.8 Å². The first-order valence-corrected chi connectivity index (χ1v) is 12.8. The molecule has 0 aliphatic rings. The summed E-state index contributed by atoms with van der Waals surface area (Å²) in [6, 6.07) is 23.9. The molecule has 190 valence electrons. The Hall–Kier alpha value is -3.45. The Balaban J connectivity index is 1.58. The van der Waals surface area contributed by atoms with E-state index in [2.05, 4.69) is 53.8 Å². The molecule has 0 aliphatic heterocycles. The molecule has 0 radical (unpaired) electrons. The molecule has 0 spiro atoms.